The van der Waals surface area contributed by atoms with Crippen LogP contribution in [0.1, 0.15) is 22.3 Å². The molecule has 0 radical (unpaired) electrons. The van der Waals surface area contributed by atoms with Crippen LogP contribution < -0.4 is 4.90 Å². The average Bonchev–Trinajstić information content (AvgIpc) is 3.86. The van der Waals surface area contributed by atoms with Gasteiger partial charge in [0.25, 0.3) is 0 Å². The molecule has 1 aromatic heterocycles. The summed E-state index contributed by atoms with van der Waals surface area (Å²) in [4.78, 5) is 2.35. The van der Waals surface area contributed by atoms with Gasteiger partial charge in [0.05, 0.1) is 27.8 Å². The zero-order valence-corrected chi connectivity index (χ0v) is 34.6. The van der Waals surface area contributed by atoms with Crippen LogP contribution in [0, 0.1) is 0 Å². The molecule has 11 aromatic rings. The molecule has 0 spiro atoms. The van der Waals surface area contributed by atoms with Crippen molar-refractivity contribution in [2.45, 2.75) is 5.41 Å². The standard InChI is InChI=1S/C61H42N2/c1-5-23-46(24-6-1)61(47-25-7-2-8-26-47)54-34-16-13-33-52(54)60-55(61)35-20-38-59(60)63-57-37-18-15-32-51(57)53-42-44(39-40-58(53)63)43-21-19-22-45(41-43)50-31-14-17-36-56(50)62(48-27-9-3-10-28-48)49-29-11-4-12-30-49/h1-42H. The van der Waals surface area contributed by atoms with Gasteiger partial charge in [-0.2, -0.15) is 0 Å². The molecule has 296 valence electrons. The number of aromatic nitrogens is 1. The highest BCUT2D eigenvalue weighted by Gasteiger charge is 2.47. The molecule has 10 aromatic carbocycles. The van der Waals surface area contributed by atoms with Crippen molar-refractivity contribution in [1.29, 1.82) is 0 Å². The van der Waals surface area contributed by atoms with Crippen LogP contribution >= 0.6 is 0 Å². The van der Waals surface area contributed by atoms with Crippen LogP contribution in [0.2, 0.25) is 0 Å². The summed E-state index contributed by atoms with van der Waals surface area (Å²) >= 11 is 0. The first-order valence-electron chi connectivity index (χ1n) is 21.8. The van der Waals surface area contributed by atoms with Crippen LogP contribution in [0.25, 0.3) is 60.9 Å². The Bertz CT molecular complexity index is 3360. The summed E-state index contributed by atoms with van der Waals surface area (Å²) in [5.41, 5.74) is 18.9. The highest BCUT2D eigenvalue weighted by atomic mass is 15.1. The minimum atomic E-state index is -0.473. The van der Waals surface area contributed by atoms with E-state index in [-0.39, 0.29) is 0 Å². The normalized spacial score (nSPS) is 12.6. The van der Waals surface area contributed by atoms with Crippen LogP contribution in [0.15, 0.2) is 255 Å². The molecule has 0 bridgehead atoms. The number of para-hydroxylation sites is 4. The van der Waals surface area contributed by atoms with Crippen molar-refractivity contribution in [3.8, 4) is 39.1 Å². The fourth-order valence-electron chi connectivity index (χ4n) is 10.4. The Hall–Kier alpha value is -8.20. The first kappa shape index (κ1) is 36.6. The number of benzene rings is 10. The monoisotopic (exact) mass is 802 g/mol. The highest BCUT2D eigenvalue weighted by molar-refractivity contribution is 6.11. The van der Waals surface area contributed by atoms with Gasteiger partial charge in [0, 0.05) is 33.3 Å². The van der Waals surface area contributed by atoms with E-state index in [0.717, 1.165) is 17.1 Å². The van der Waals surface area contributed by atoms with E-state index in [1.165, 1.54) is 83.1 Å². The fourth-order valence-corrected chi connectivity index (χ4v) is 10.4. The molecule has 0 fully saturated rings. The Kier molecular flexibility index (Phi) is 8.76. The van der Waals surface area contributed by atoms with Crippen molar-refractivity contribution in [2.24, 2.45) is 0 Å². The lowest BCUT2D eigenvalue weighted by molar-refractivity contribution is 0.768. The third-order valence-corrected chi connectivity index (χ3v) is 13.1. The minimum Gasteiger partial charge on any atom is -0.310 e. The predicted octanol–water partition coefficient (Wildman–Crippen LogP) is 16.0. The predicted molar refractivity (Wildman–Crippen MR) is 264 cm³/mol. The van der Waals surface area contributed by atoms with Crippen LogP contribution in [0.4, 0.5) is 17.1 Å². The van der Waals surface area contributed by atoms with Gasteiger partial charge in [-0.05, 0) is 105 Å². The van der Waals surface area contributed by atoms with Crippen LogP contribution in [0.5, 0.6) is 0 Å². The molecule has 63 heavy (non-hydrogen) atoms. The first-order valence-corrected chi connectivity index (χ1v) is 21.8. The van der Waals surface area contributed by atoms with Crippen LogP contribution in [-0.2, 0) is 5.41 Å². The second-order valence-corrected chi connectivity index (χ2v) is 16.4. The summed E-state index contributed by atoms with van der Waals surface area (Å²) in [6.07, 6.45) is 0. The SMILES string of the molecule is c1ccc(N(c2ccccc2)c2ccccc2-c2cccc(-c3ccc4c(c3)c3ccccc3n4-c3cccc4c3-c3ccccc3C4(c3ccccc3)c3ccccc3)c2)cc1. The topological polar surface area (TPSA) is 8.17 Å². The zero-order chi connectivity index (χ0) is 41.7. The molecular weight excluding hydrogens is 761 g/mol. The van der Waals surface area contributed by atoms with Crippen molar-refractivity contribution in [2.75, 3.05) is 4.90 Å². The smallest absolute Gasteiger partial charge is 0.0714 e. The molecule has 2 heteroatoms. The molecular formula is C61H42N2. The second kappa shape index (κ2) is 15.1. The van der Waals surface area contributed by atoms with Crippen molar-refractivity contribution in [3.05, 3.63) is 277 Å². The summed E-state index contributed by atoms with van der Waals surface area (Å²) in [7, 11) is 0. The van der Waals surface area contributed by atoms with Gasteiger partial charge in [-0.3, -0.25) is 0 Å². The lowest BCUT2D eigenvalue weighted by Crippen LogP contribution is -2.28. The fraction of sp³-hybridized carbons (Fsp3) is 0.0164. The maximum absolute atomic E-state index is 2.50. The molecule has 0 N–H and O–H groups in total. The largest absolute Gasteiger partial charge is 0.310 e. The van der Waals surface area contributed by atoms with Gasteiger partial charge < -0.3 is 9.47 Å². The third-order valence-electron chi connectivity index (χ3n) is 13.1. The summed E-state index contributed by atoms with van der Waals surface area (Å²) < 4.78 is 2.50. The number of fused-ring (bicyclic) bond motifs is 6. The van der Waals surface area contributed by atoms with Crippen LogP contribution in [0.3, 0.4) is 0 Å². The van der Waals surface area contributed by atoms with Gasteiger partial charge in [-0.25, -0.2) is 0 Å². The van der Waals surface area contributed by atoms with Gasteiger partial charge >= 0.3 is 0 Å². The summed E-state index contributed by atoms with van der Waals surface area (Å²) in [5, 5.41) is 2.47. The van der Waals surface area contributed by atoms with E-state index in [1.54, 1.807) is 0 Å². The van der Waals surface area contributed by atoms with E-state index in [4.69, 9.17) is 0 Å². The minimum absolute atomic E-state index is 0.473. The lowest BCUT2D eigenvalue weighted by atomic mass is 9.68. The van der Waals surface area contributed by atoms with Crippen molar-refractivity contribution in [1.82, 2.24) is 4.57 Å². The molecule has 0 amide bonds. The molecule has 1 aliphatic rings. The first-order chi connectivity index (χ1) is 31.3. The van der Waals surface area contributed by atoms with Crippen molar-refractivity contribution in [3.63, 3.8) is 0 Å². The Morgan fingerprint density at radius 1 is 0.333 bits per heavy atom. The van der Waals surface area contributed by atoms with E-state index in [9.17, 15) is 0 Å². The Balaban J connectivity index is 1.03. The highest BCUT2D eigenvalue weighted by Crippen LogP contribution is 2.58. The van der Waals surface area contributed by atoms with E-state index in [2.05, 4.69) is 264 Å². The number of anilines is 3. The molecule has 2 nitrogen and oxygen atoms in total. The van der Waals surface area contributed by atoms with Gasteiger partial charge in [0.2, 0.25) is 0 Å². The maximum Gasteiger partial charge on any atom is 0.0714 e. The Labute approximate surface area is 368 Å². The van der Waals surface area contributed by atoms with Gasteiger partial charge in [-0.1, -0.05) is 194 Å². The molecule has 0 unspecified atom stereocenters. The molecule has 0 saturated heterocycles. The average molecular weight is 803 g/mol. The lowest BCUT2D eigenvalue weighted by Gasteiger charge is -2.34. The maximum atomic E-state index is 2.50. The quantitative estimate of drug-likeness (QED) is 0.149. The molecule has 0 aliphatic heterocycles. The number of nitrogens with zero attached hydrogens (tertiary/aromatic N) is 2. The number of hydrogen-bond acceptors (Lipinski definition) is 1. The van der Waals surface area contributed by atoms with E-state index >= 15 is 0 Å². The summed E-state index contributed by atoms with van der Waals surface area (Å²) in [6, 6.07) is 93.1. The summed E-state index contributed by atoms with van der Waals surface area (Å²) in [5.74, 6) is 0. The van der Waals surface area contributed by atoms with Crippen LogP contribution in [-0.4, -0.2) is 4.57 Å². The van der Waals surface area contributed by atoms with Crippen molar-refractivity contribution >= 4 is 38.9 Å². The molecule has 0 atom stereocenters. The van der Waals surface area contributed by atoms with Gasteiger partial charge in [0.1, 0.15) is 0 Å². The summed E-state index contributed by atoms with van der Waals surface area (Å²) in [6.45, 7) is 0. The Morgan fingerprint density at radius 3 is 1.57 bits per heavy atom. The van der Waals surface area contributed by atoms with E-state index < -0.39 is 5.41 Å². The Morgan fingerprint density at radius 2 is 0.857 bits per heavy atom. The number of rotatable bonds is 8. The molecule has 1 aliphatic carbocycles. The van der Waals surface area contributed by atoms with Gasteiger partial charge in [-0.15, -0.1) is 0 Å². The van der Waals surface area contributed by atoms with Crippen molar-refractivity contribution < 1.29 is 0 Å². The third kappa shape index (κ3) is 5.80. The number of hydrogen-bond donors (Lipinski definition) is 0. The second-order valence-electron chi connectivity index (χ2n) is 16.4. The van der Waals surface area contributed by atoms with E-state index in [0.29, 0.717) is 0 Å². The zero-order valence-electron chi connectivity index (χ0n) is 34.6. The van der Waals surface area contributed by atoms with Gasteiger partial charge in [0.15, 0.2) is 0 Å². The van der Waals surface area contributed by atoms with E-state index in [1.807, 2.05) is 0 Å². The molecule has 0 saturated carbocycles. The molecule has 1 heterocycles. The molecule has 12 rings (SSSR count).